The monoisotopic (exact) mass is 363 g/mol. The molecule has 0 fully saturated rings. The molecule has 0 radical (unpaired) electrons. The van der Waals surface area contributed by atoms with Gasteiger partial charge in [0.2, 0.25) is 11.7 Å². The summed E-state index contributed by atoms with van der Waals surface area (Å²) < 4.78 is 48.4. The topological polar surface area (TPSA) is 51.4 Å². The van der Waals surface area contributed by atoms with Crippen LogP contribution in [0.4, 0.5) is 13.2 Å². The molecular formula is C18H16F3N3O2. The minimum Gasteiger partial charge on any atom is -0.434 e. The molecule has 0 amide bonds. The Kier molecular flexibility index (Phi) is 5.52. The maximum atomic E-state index is 13.7. The second kappa shape index (κ2) is 8.01. The number of hydrogen-bond acceptors (Lipinski definition) is 5. The standard InChI is InChI=1S/C18H16F3N3O2/c1-24(10-12-6-2-4-8-14(12)19)11-16-22-17(23-26-16)13-7-3-5-9-15(13)25-18(20)21/h2-9,18H,10-11H2,1H3. The number of aromatic nitrogens is 2. The zero-order chi connectivity index (χ0) is 18.5. The Morgan fingerprint density at radius 3 is 2.58 bits per heavy atom. The molecule has 8 heteroatoms. The number of halogens is 3. The van der Waals surface area contributed by atoms with Gasteiger partial charge in [0.1, 0.15) is 11.6 Å². The van der Waals surface area contributed by atoms with Crippen LogP contribution in [0, 0.1) is 5.82 Å². The first kappa shape index (κ1) is 17.9. The Hall–Kier alpha value is -2.87. The van der Waals surface area contributed by atoms with Gasteiger partial charge >= 0.3 is 6.61 Å². The molecule has 0 unspecified atom stereocenters. The van der Waals surface area contributed by atoms with Crippen LogP contribution in [0.25, 0.3) is 11.4 Å². The zero-order valence-corrected chi connectivity index (χ0v) is 13.9. The van der Waals surface area contributed by atoms with Crippen molar-refractivity contribution in [3.63, 3.8) is 0 Å². The molecule has 0 saturated carbocycles. The third kappa shape index (κ3) is 4.40. The van der Waals surface area contributed by atoms with Gasteiger partial charge in [-0.3, -0.25) is 4.90 Å². The molecule has 0 atom stereocenters. The first-order valence-corrected chi connectivity index (χ1v) is 7.81. The van der Waals surface area contributed by atoms with E-state index in [0.717, 1.165) is 0 Å². The highest BCUT2D eigenvalue weighted by Crippen LogP contribution is 2.29. The van der Waals surface area contributed by atoms with Crippen molar-refractivity contribution in [2.24, 2.45) is 0 Å². The Labute approximate surface area is 148 Å². The third-order valence-corrected chi connectivity index (χ3v) is 3.62. The number of nitrogens with zero attached hydrogens (tertiary/aromatic N) is 3. The number of benzene rings is 2. The number of alkyl halides is 2. The molecule has 0 aliphatic rings. The molecule has 5 nitrogen and oxygen atoms in total. The normalized spacial score (nSPS) is 11.3. The fourth-order valence-electron chi connectivity index (χ4n) is 2.48. The zero-order valence-electron chi connectivity index (χ0n) is 13.9. The summed E-state index contributed by atoms with van der Waals surface area (Å²) in [6.07, 6.45) is 0. The van der Waals surface area contributed by atoms with Crippen molar-refractivity contribution in [3.05, 3.63) is 65.8 Å². The van der Waals surface area contributed by atoms with E-state index in [9.17, 15) is 13.2 Å². The van der Waals surface area contributed by atoms with Crippen molar-refractivity contribution in [1.29, 1.82) is 0 Å². The van der Waals surface area contributed by atoms with Gasteiger partial charge in [-0.2, -0.15) is 13.8 Å². The summed E-state index contributed by atoms with van der Waals surface area (Å²) in [5, 5.41) is 3.82. The van der Waals surface area contributed by atoms with Gasteiger partial charge in [-0.15, -0.1) is 0 Å². The van der Waals surface area contributed by atoms with Crippen molar-refractivity contribution in [1.82, 2.24) is 15.0 Å². The average molecular weight is 363 g/mol. The van der Waals surface area contributed by atoms with E-state index in [1.54, 1.807) is 48.3 Å². The van der Waals surface area contributed by atoms with Crippen molar-refractivity contribution in [2.45, 2.75) is 19.7 Å². The molecule has 3 aromatic rings. The highest BCUT2D eigenvalue weighted by atomic mass is 19.3. The van der Waals surface area contributed by atoms with E-state index >= 15 is 0 Å². The van der Waals surface area contributed by atoms with Gasteiger partial charge in [-0.25, -0.2) is 4.39 Å². The molecule has 0 aliphatic heterocycles. The quantitative estimate of drug-likeness (QED) is 0.632. The Bertz CT molecular complexity index is 870. The highest BCUT2D eigenvalue weighted by Gasteiger charge is 2.17. The van der Waals surface area contributed by atoms with Gasteiger partial charge in [0.05, 0.1) is 12.1 Å². The van der Waals surface area contributed by atoms with Crippen molar-refractivity contribution in [3.8, 4) is 17.1 Å². The Morgan fingerprint density at radius 1 is 1.08 bits per heavy atom. The van der Waals surface area contributed by atoms with Gasteiger partial charge in [0.25, 0.3) is 0 Å². The molecule has 0 aliphatic carbocycles. The Morgan fingerprint density at radius 2 is 1.81 bits per heavy atom. The summed E-state index contributed by atoms with van der Waals surface area (Å²) >= 11 is 0. The summed E-state index contributed by atoms with van der Waals surface area (Å²) in [6.45, 7) is -2.32. The molecule has 0 N–H and O–H groups in total. The molecule has 3 rings (SSSR count). The van der Waals surface area contributed by atoms with Gasteiger partial charge in [0, 0.05) is 12.1 Å². The van der Waals surface area contributed by atoms with Gasteiger partial charge in [-0.1, -0.05) is 35.5 Å². The molecule has 26 heavy (non-hydrogen) atoms. The smallest absolute Gasteiger partial charge is 0.387 e. The van der Waals surface area contributed by atoms with Crippen LogP contribution < -0.4 is 4.74 Å². The maximum Gasteiger partial charge on any atom is 0.387 e. The van der Waals surface area contributed by atoms with E-state index in [0.29, 0.717) is 17.7 Å². The molecule has 1 heterocycles. The van der Waals surface area contributed by atoms with Crippen LogP contribution in [-0.2, 0) is 13.1 Å². The van der Waals surface area contributed by atoms with E-state index < -0.39 is 6.61 Å². The minimum atomic E-state index is -2.95. The highest BCUT2D eigenvalue weighted by molar-refractivity contribution is 5.63. The molecular weight excluding hydrogens is 347 g/mol. The lowest BCUT2D eigenvalue weighted by molar-refractivity contribution is -0.0494. The van der Waals surface area contributed by atoms with Crippen molar-refractivity contribution >= 4 is 0 Å². The first-order valence-electron chi connectivity index (χ1n) is 7.81. The van der Waals surface area contributed by atoms with Crippen LogP contribution in [0.5, 0.6) is 5.75 Å². The summed E-state index contributed by atoms with van der Waals surface area (Å²) in [5.74, 6) is 0.111. The number of para-hydroxylation sites is 1. The van der Waals surface area contributed by atoms with E-state index in [-0.39, 0.29) is 29.8 Å². The van der Waals surface area contributed by atoms with Gasteiger partial charge < -0.3 is 9.26 Å². The average Bonchev–Trinajstić information content (AvgIpc) is 3.05. The predicted molar refractivity (Wildman–Crippen MR) is 87.9 cm³/mol. The number of ether oxygens (including phenoxy) is 1. The molecule has 0 spiro atoms. The lowest BCUT2D eigenvalue weighted by Gasteiger charge is -2.14. The largest absolute Gasteiger partial charge is 0.434 e. The van der Waals surface area contributed by atoms with Crippen LogP contribution in [0.1, 0.15) is 11.5 Å². The predicted octanol–water partition coefficient (Wildman–Crippen LogP) is 4.11. The summed E-state index contributed by atoms with van der Waals surface area (Å²) in [4.78, 5) is 6.02. The molecule has 0 bridgehead atoms. The Balaban J connectivity index is 1.71. The van der Waals surface area contributed by atoms with E-state index in [1.165, 1.54) is 12.1 Å². The lowest BCUT2D eigenvalue weighted by atomic mass is 10.2. The first-order chi connectivity index (χ1) is 12.5. The fourth-order valence-corrected chi connectivity index (χ4v) is 2.48. The third-order valence-electron chi connectivity index (χ3n) is 3.62. The minimum absolute atomic E-state index is 0.0328. The summed E-state index contributed by atoms with van der Waals surface area (Å²) in [6, 6.07) is 12.7. The summed E-state index contributed by atoms with van der Waals surface area (Å²) in [5.41, 5.74) is 0.852. The van der Waals surface area contributed by atoms with Crippen LogP contribution in [0.3, 0.4) is 0 Å². The SMILES string of the molecule is CN(Cc1nc(-c2ccccc2OC(F)F)no1)Cc1ccccc1F. The maximum absolute atomic E-state index is 13.7. The fraction of sp³-hybridized carbons (Fsp3) is 0.222. The van der Waals surface area contributed by atoms with Crippen LogP contribution >= 0.6 is 0 Å². The van der Waals surface area contributed by atoms with E-state index in [2.05, 4.69) is 14.9 Å². The lowest BCUT2D eigenvalue weighted by Crippen LogP contribution is -2.18. The van der Waals surface area contributed by atoms with Crippen LogP contribution in [-0.4, -0.2) is 28.7 Å². The van der Waals surface area contributed by atoms with Crippen LogP contribution in [0.2, 0.25) is 0 Å². The molecule has 0 saturated heterocycles. The molecule has 1 aromatic heterocycles. The second-order valence-electron chi connectivity index (χ2n) is 5.65. The summed E-state index contributed by atoms with van der Waals surface area (Å²) in [7, 11) is 1.78. The van der Waals surface area contributed by atoms with Crippen LogP contribution in [0.15, 0.2) is 53.1 Å². The van der Waals surface area contributed by atoms with Gasteiger partial charge in [0.15, 0.2) is 0 Å². The van der Waals surface area contributed by atoms with Crippen molar-refractivity contribution in [2.75, 3.05) is 7.05 Å². The van der Waals surface area contributed by atoms with Gasteiger partial charge in [-0.05, 0) is 25.2 Å². The van der Waals surface area contributed by atoms with E-state index in [4.69, 9.17) is 4.52 Å². The molecule has 2 aromatic carbocycles. The number of rotatable bonds is 7. The van der Waals surface area contributed by atoms with E-state index in [1.807, 2.05) is 0 Å². The molecule has 136 valence electrons. The van der Waals surface area contributed by atoms with Crippen molar-refractivity contribution < 1.29 is 22.4 Å². The second-order valence-corrected chi connectivity index (χ2v) is 5.65. The number of hydrogen-bond donors (Lipinski definition) is 0.